The standard InChI is InChI=1S/C16H25N3O/c1-13-4-2-3-5-15(13)18-16(20)12-19-10-7-14(6-9-17)8-11-19/h2-5,14H,6-12,17H2,1H3,(H,18,20). The summed E-state index contributed by atoms with van der Waals surface area (Å²) in [5.41, 5.74) is 7.61. The molecule has 1 heterocycles. The van der Waals surface area contributed by atoms with Gasteiger partial charge in [0.25, 0.3) is 0 Å². The van der Waals surface area contributed by atoms with Gasteiger partial charge in [-0.3, -0.25) is 9.69 Å². The van der Waals surface area contributed by atoms with Gasteiger partial charge >= 0.3 is 0 Å². The molecule has 4 heteroatoms. The highest BCUT2D eigenvalue weighted by Gasteiger charge is 2.20. The van der Waals surface area contributed by atoms with Gasteiger partial charge < -0.3 is 11.1 Å². The molecule has 1 fully saturated rings. The minimum Gasteiger partial charge on any atom is -0.330 e. The van der Waals surface area contributed by atoms with Crippen molar-refractivity contribution in [1.29, 1.82) is 0 Å². The van der Waals surface area contributed by atoms with Crippen LogP contribution in [0.15, 0.2) is 24.3 Å². The molecule has 3 N–H and O–H groups in total. The average Bonchev–Trinajstić information content (AvgIpc) is 2.44. The van der Waals surface area contributed by atoms with Crippen molar-refractivity contribution >= 4 is 11.6 Å². The van der Waals surface area contributed by atoms with E-state index in [1.54, 1.807) is 0 Å². The number of nitrogens with zero attached hydrogens (tertiary/aromatic N) is 1. The fourth-order valence-electron chi connectivity index (χ4n) is 2.77. The number of likely N-dealkylation sites (tertiary alicyclic amines) is 1. The van der Waals surface area contributed by atoms with E-state index in [4.69, 9.17) is 5.73 Å². The number of rotatable bonds is 5. The van der Waals surface area contributed by atoms with E-state index in [0.717, 1.165) is 56.1 Å². The van der Waals surface area contributed by atoms with Crippen molar-refractivity contribution in [2.75, 3.05) is 31.5 Å². The number of carbonyl (C=O) groups is 1. The van der Waals surface area contributed by atoms with E-state index >= 15 is 0 Å². The molecule has 110 valence electrons. The highest BCUT2D eigenvalue weighted by Crippen LogP contribution is 2.20. The van der Waals surface area contributed by atoms with Crippen LogP contribution in [-0.2, 0) is 4.79 Å². The SMILES string of the molecule is Cc1ccccc1NC(=O)CN1CCC(CCN)CC1. The lowest BCUT2D eigenvalue weighted by atomic mass is 9.94. The summed E-state index contributed by atoms with van der Waals surface area (Å²) in [6.45, 7) is 5.29. The highest BCUT2D eigenvalue weighted by molar-refractivity contribution is 5.92. The van der Waals surface area contributed by atoms with Crippen molar-refractivity contribution in [3.63, 3.8) is 0 Å². The molecule has 0 bridgehead atoms. The highest BCUT2D eigenvalue weighted by atomic mass is 16.2. The van der Waals surface area contributed by atoms with Crippen LogP contribution in [0.5, 0.6) is 0 Å². The minimum atomic E-state index is 0.0802. The van der Waals surface area contributed by atoms with E-state index in [9.17, 15) is 4.79 Å². The topological polar surface area (TPSA) is 58.4 Å². The zero-order valence-corrected chi connectivity index (χ0v) is 12.3. The third kappa shape index (κ3) is 4.32. The number of hydrogen-bond donors (Lipinski definition) is 2. The molecule has 1 aromatic rings. The molecule has 1 aliphatic heterocycles. The Balaban J connectivity index is 1.77. The minimum absolute atomic E-state index is 0.0802. The van der Waals surface area contributed by atoms with E-state index in [2.05, 4.69) is 10.2 Å². The van der Waals surface area contributed by atoms with Crippen LogP contribution in [0.4, 0.5) is 5.69 Å². The van der Waals surface area contributed by atoms with Crippen LogP contribution in [0.3, 0.4) is 0 Å². The monoisotopic (exact) mass is 275 g/mol. The fraction of sp³-hybridized carbons (Fsp3) is 0.562. The van der Waals surface area contributed by atoms with Crippen molar-refractivity contribution in [2.24, 2.45) is 11.7 Å². The second-order valence-electron chi connectivity index (χ2n) is 5.66. The second kappa shape index (κ2) is 7.41. The molecular weight excluding hydrogens is 250 g/mol. The summed E-state index contributed by atoms with van der Waals surface area (Å²) in [6.07, 6.45) is 3.44. The number of hydrogen-bond acceptors (Lipinski definition) is 3. The molecule has 1 saturated heterocycles. The lowest BCUT2D eigenvalue weighted by molar-refractivity contribution is -0.117. The maximum Gasteiger partial charge on any atom is 0.238 e. The number of anilines is 1. The Hall–Kier alpha value is -1.39. The summed E-state index contributed by atoms with van der Waals surface area (Å²) in [4.78, 5) is 14.3. The molecule has 1 amide bonds. The zero-order chi connectivity index (χ0) is 14.4. The molecular formula is C16H25N3O. The number of benzene rings is 1. The Labute approximate surface area is 121 Å². The van der Waals surface area contributed by atoms with Gasteiger partial charge in [-0.05, 0) is 63.4 Å². The third-order valence-corrected chi connectivity index (χ3v) is 4.07. The first kappa shape index (κ1) is 15.0. The first-order valence-corrected chi connectivity index (χ1v) is 7.47. The van der Waals surface area contributed by atoms with Gasteiger partial charge in [-0.15, -0.1) is 0 Å². The Morgan fingerprint density at radius 3 is 2.70 bits per heavy atom. The van der Waals surface area contributed by atoms with Gasteiger partial charge in [0, 0.05) is 5.69 Å². The quantitative estimate of drug-likeness (QED) is 0.864. The summed E-state index contributed by atoms with van der Waals surface area (Å²) in [5.74, 6) is 0.826. The first-order valence-electron chi connectivity index (χ1n) is 7.47. The summed E-state index contributed by atoms with van der Waals surface area (Å²) < 4.78 is 0. The predicted octanol–water partition coefficient (Wildman–Crippen LogP) is 1.99. The zero-order valence-electron chi connectivity index (χ0n) is 12.3. The smallest absolute Gasteiger partial charge is 0.238 e. The Morgan fingerprint density at radius 1 is 1.35 bits per heavy atom. The van der Waals surface area contributed by atoms with Gasteiger partial charge in [-0.1, -0.05) is 18.2 Å². The third-order valence-electron chi connectivity index (χ3n) is 4.07. The molecule has 0 aliphatic carbocycles. The lowest BCUT2D eigenvalue weighted by Crippen LogP contribution is -2.39. The number of amides is 1. The summed E-state index contributed by atoms with van der Waals surface area (Å²) >= 11 is 0. The van der Waals surface area contributed by atoms with Crippen molar-refractivity contribution in [2.45, 2.75) is 26.2 Å². The van der Waals surface area contributed by atoms with Crippen LogP contribution >= 0.6 is 0 Å². The molecule has 0 aromatic heterocycles. The van der Waals surface area contributed by atoms with Crippen molar-refractivity contribution in [1.82, 2.24) is 4.90 Å². The second-order valence-corrected chi connectivity index (χ2v) is 5.66. The molecule has 1 aromatic carbocycles. The van der Waals surface area contributed by atoms with E-state index in [1.807, 2.05) is 31.2 Å². The van der Waals surface area contributed by atoms with Crippen LogP contribution in [-0.4, -0.2) is 37.0 Å². The van der Waals surface area contributed by atoms with E-state index in [0.29, 0.717) is 6.54 Å². The predicted molar refractivity (Wildman–Crippen MR) is 82.6 cm³/mol. The maximum atomic E-state index is 12.1. The molecule has 0 radical (unpaired) electrons. The number of carbonyl (C=O) groups excluding carboxylic acids is 1. The van der Waals surface area contributed by atoms with Crippen molar-refractivity contribution in [3.8, 4) is 0 Å². The molecule has 0 unspecified atom stereocenters. The number of nitrogens with one attached hydrogen (secondary N) is 1. The van der Waals surface area contributed by atoms with Gasteiger partial charge in [0.15, 0.2) is 0 Å². The Bertz CT molecular complexity index is 439. The first-order chi connectivity index (χ1) is 9.69. The van der Waals surface area contributed by atoms with Crippen LogP contribution in [0, 0.1) is 12.8 Å². The summed E-state index contributed by atoms with van der Waals surface area (Å²) in [5, 5.41) is 2.99. The van der Waals surface area contributed by atoms with E-state index in [-0.39, 0.29) is 5.91 Å². The van der Waals surface area contributed by atoms with Gasteiger partial charge in [0.05, 0.1) is 6.54 Å². The van der Waals surface area contributed by atoms with Gasteiger partial charge in [0.1, 0.15) is 0 Å². The maximum absolute atomic E-state index is 12.1. The van der Waals surface area contributed by atoms with Crippen molar-refractivity contribution < 1.29 is 4.79 Å². The molecule has 0 saturated carbocycles. The van der Waals surface area contributed by atoms with Crippen LogP contribution in [0.2, 0.25) is 0 Å². The Kier molecular flexibility index (Phi) is 5.56. The normalized spacial score (nSPS) is 17.1. The van der Waals surface area contributed by atoms with Crippen molar-refractivity contribution in [3.05, 3.63) is 29.8 Å². The van der Waals surface area contributed by atoms with E-state index < -0.39 is 0 Å². The molecule has 0 spiro atoms. The number of para-hydroxylation sites is 1. The van der Waals surface area contributed by atoms with Crippen LogP contribution < -0.4 is 11.1 Å². The fourth-order valence-corrected chi connectivity index (χ4v) is 2.77. The number of aryl methyl sites for hydroxylation is 1. The average molecular weight is 275 g/mol. The van der Waals surface area contributed by atoms with Gasteiger partial charge in [-0.2, -0.15) is 0 Å². The molecule has 2 rings (SSSR count). The summed E-state index contributed by atoms with van der Waals surface area (Å²) in [6, 6.07) is 7.88. The van der Waals surface area contributed by atoms with Crippen LogP contribution in [0.25, 0.3) is 0 Å². The largest absolute Gasteiger partial charge is 0.330 e. The molecule has 1 aliphatic rings. The number of piperidine rings is 1. The molecule has 4 nitrogen and oxygen atoms in total. The molecule has 0 atom stereocenters. The van der Waals surface area contributed by atoms with Gasteiger partial charge in [0.2, 0.25) is 5.91 Å². The Morgan fingerprint density at radius 2 is 2.05 bits per heavy atom. The van der Waals surface area contributed by atoms with Crippen LogP contribution in [0.1, 0.15) is 24.8 Å². The summed E-state index contributed by atoms with van der Waals surface area (Å²) in [7, 11) is 0. The van der Waals surface area contributed by atoms with Gasteiger partial charge in [-0.25, -0.2) is 0 Å². The molecule has 20 heavy (non-hydrogen) atoms. The van der Waals surface area contributed by atoms with E-state index in [1.165, 1.54) is 0 Å². The lowest BCUT2D eigenvalue weighted by Gasteiger charge is -2.31. The number of nitrogens with two attached hydrogens (primary N) is 1.